The molecule has 1 aliphatic rings. The van der Waals surface area contributed by atoms with E-state index in [2.05, 4.69) is 24.2 Å². The Morgan fingerprint density at radius 3 is 3.20 bits per heavy atom. The molecule has 108 valence electrons. The van der Waals surface area contributed by atoms with E-state index in [4.69, 9.17) is 9.40 Å². The Balaban J connectivity index is 1.78. The molecule has 0 aliphatic heterocycles. The Morgan fingerprint density at radius 2 is 2.45 bits per heavy atom. The van der Waals surface area contributed by atoms with Gasteiger partial charge in [-0.15, -0.1) is 0 Å². The second kappa shape index (κ2) is 5.97. The second-order valence-electron chi connectivity index (χ2n) is 5.30. The van der Waals surface area contributed by atoms with Crippen molar-refractivity contribution in [1.82, 2.24) is 10.3 Å². The molecule has 1 N–H and O–H groups in total. The van der Waals surface area contributed by atoms with Crippen LogP contribution >= 0.6 is 11.3 Å². The first kappa shape index (κ1) is 13.6. The lowest BCUT2D eigenvalue weighted by atomic mass is 9.98. The number of rotatable bonds is 5. The summed E-state index contributed by atoms with van der Waals surface area (Å²) in [7, 11) is 2.10. The zero-order valence-corrected chi connectivity index (χ0v) is 12.9. The summed E-state index contributed by atoms with van der Waals surface area (Å²) in [4.78, 5) is 8.48. The van der Waals surface area contributed by atoms with Crippen LogP contribution in [0.1, 0.15) is 41.9 Å². The van der Waals surface area contributed by atoms with Gasteiger partial charge in [-0.05, 0) is 31.9 Å². The molecule has 2 aromatic heterocycles. The molecule has 0 spiro atoms. The summed E-state index contributed by atoms with van der Waals surface area (Å²) in [5, 5.41) is 4.69. The lowest BCUT2D eigenvalue weighted by molar-refractivity contribution is 0.476. The Bertz CT molecular complexity index is 549. The third-order valence-electron chi connectivity index (χ3n) is 3.72. The molecule has 20 heavy (non-hydrogen) atoms. The number of nitrogens with zero attached hydrogens (tertiary/aromatic N) is 2. The lowest BCUT2D eigenvalue weighted by Crippen LogP contribution is -2.23. The van der Waals surface area contributed by atoms with Gasteiger partial charge in [-0.1, -0.05) is 18.3 Å². The molecule has 0 saturated heterocycles. The number of aryl methyl sites for hydroxylation is 1. The van der Waals surface area contributed by atoms with Gasteiger partial charge in [-0.3, -0.25) is 0 Å². The molecule has 0 bridgehead atoms. The van der Waals surface area contributed by atoms with E-state index >= 15 is 0 Å². The summed E-state index contributed by atoms with van der Waals surface area (Å²) >= 11 is 1.84. The standard InChI is InChI=1S/C15H21N3OS/c1-3-16-12-5-4-6-13-14(12)20-15(17-13)18(2)9-11-7-8-19-10-11/h7-8,10,12,16H,3-6,9H2,1-2H3. The molecule has 3 rings (SSSR count). The van der Waals surface area contributed by atoms with Crippen LogP contribution in [0, 0.1) is 0 Å². The summed E-state index contributed by atoms with van der Waals surface area (Å²) in [6.07, 6.45) is 7.10. The van der Waals surface area contributed by atoms with Crippen molar-refractivity contribution in [1.29, 1.82) is 0 Å². The number of aromatic nitrogens is 1. The molecule has 1 aliphatic carbocycles. The summed E-state index contributed by atoms with van der Waals surface area (Å²) in [6, 6.07) is 2.50. The molecule has 0 aromatic carbocycles. The van der Waals surface area contributed by atoms with Crippen molar-refractivity contribution in [2.75, 3.05) is 18.5 Å². The van der Waals surface area contributed by atoms with Crippen molar-refractivity contribution in [3.05, 3.63) is 34.7 Å². The maximum Gasteiger partial charge on any atom is 0.185 e. The fraction of sp³-hybridized carbons (Fsp3) is 0.533. The molecular formula is C15H21N3OS. The molecular weight excluding hydrogens is 270 g/mol. The first-order valence-corrected chi connectivity index (χ1v) is 8.04. The fourth-order valence-corrected chi connectivity index (χ4v) is 3.92. The highest BCUT2D eigenvalue weighted by molar-refractivity contribution is 7.15. The number of furan rings is 1. The van der Waals surface area contributed by atoms with Crippen LogP contribution in [0.4, 0.5) is 5.13 Å². The minimum atomic E-state index is 0.498. The molecule has 0 saturated carbocycles. The van der Waals surface area contributed by atoms with Crippen molar-refractivity contribution in [3.8, 4) is 0 Å². The number of hydrogen-bond donors (Lipinski definition) is 1. The molecule has 0 amide bonds. The molecule has 1 atom stereocenters. The Morgan fingerprint density at radius 1 is 1.55 bits per heavy atom. The van der Waals surface area contributed by atoms with Crippen molar-refractivity contribution < 1.29 is 4.42 Å². The van der Waals surface area contributed by atoms with Crippen LogP contribution in [0.2, 0.25) is 0 Å². The van der Waals surface area contributed by atoms with Crippen molar-refractivity contribution in [3.63, 3.8) is 0 Å². The first-order valence-electron chi connectivity index (χ1n) is 7.23. The molecule has 0 fully saturated rings. The van der Waals surface area contributed by atoms with Crippen LogP contribution in [0.25, 0.3) is 0 Å². The monoisotopic (exact) mass is 291 g/mol. The van der Waals surface area contributed by atoms with Gasteiger partial charge in [0.25, 0.3) is 0 Å². The zero-order valence-electron chi connectivity index (χ0n) is 12.1. The third-order valence-corrected chi connectivity index (χ3v) is 5.04. The van der Waals surface area contributed by atoms with E-state index in [9.17, 15) is 0 Å². The topological polar surface area (TPSA) is 41.3 Å². The van der Waals surface area contributed by atoms with Crippen LogP contribution in [0.15, 0.2) is 23.0 Å². The highest BCUT2D eigenvalue weighted by Gasteiger charge is 2.24. The van der Waals surface area contributed by atoms with Crippen LogP contribution in [-0.2, 0) is 13.0 Å². The number of hydrogen-bond acceptors (Lipinski definition) is 5. The highest BCUT2D eigenvalue weighted by Crippen LogP contribution is 2.37. The smallest absolute Gasteiger partial charge is 0.185 e. The molecule has 2 aromatic rings. The van der Waals surface area contributed by atoms with Gasteiger partial charge >= 0.3 is 0 Å². The summed E-state index contributed by atoms with van der Waals surface area (Å²) < 4.78 is 5.13. The van der Waals surface area contributed by atoms with Crippen LogP contribution in [0.3, 0.4) is 0 Å². The Labute approximate surface area is 123 Å². The van der Waals surface area contributed by atoms with E-state index in [1.807, 2.05) is 17.4 Å². The van der Waals surface area contributed by atoms with Gasteiger partial charge in [0.2, 0.25) is 0 Å². The summed E-state index contributed by atoms with van der Waals surface area (Å²) in [5.41, 5.74) is 2.48. The Kier molecular flexibility index (Phi) is 4.08. The van der Waals surface area contributed by atoms with Gasteiger partial charge in [0.1, 0.15) is 0 Å². The van der Waals surface area contributed by atoms with Crippen LogP contribution < -0.4 is 10.2 Å². The van der Waals surface area contributed by atoms with E-state index in [1.54, 1.807) is 12.5 Å². The molecule has 5 heteroatoms. The van der Waals surface area contributed by atoms with E-state index in [0.29, 0.717) is 6.04 Å². The average molecular weight is 291 g/mol. The first-order chi connectivity index (χ1) is 9.78. The van der Waals surface area contributed by atoms with E-state index < -0.39 is 0 Å². The quantitative estimate of drug-likeness (QED) is 0.917. The van der Waals surface area contributed by atoms with E-state index in [0.717, 1.165) is 24.6 Å². The number of nitrogens with one attached hydrogen (secondary N) is 1. The molecule has 1 unspecified atom stereocenters. The van der Waals surface area contributed by atoms with Crippen molar-refractivity contribution in [2.24, 2.45) is 0 Å². The fourth-order valence-electron chi connectivity index (χ4n) is 2.74. The predicted octanol–water partition coefficient (Wildman–Crippen LogP) is 3.36. The van der Waals surface area contributed by atoms with Gasteiger partial charge < -0.3 is 14.6 Å². The second-order valence-corrected chi connectivity index (χ2v) is 6.31. The average Bonchev–Trinajstić information content (AvgIpc) is 3.08. The Hall–Kier alpha value is -1.33. The molecule has 2 heterocycles. The van der Waals surface area contributed by atoms with Gasteiger partial charge in [0.05, 0.1) is 18.2 Å². The predicted molar refractivity (Wildman–Crippen MR) is 82.3 cm³/mol. The van der Waals surface area contributed by atoms with Crippen LogP contribution in [0.5, 0.6) is 0 Å². The lowest BCUT2D eigenvalue weighted by Gasteiger charge is -2.21. The van der Waals surface area contributed by atoms with Gasteiger partial charge in [-0.2, -0.15) is 0 Å². The number of anilines is 1. The normalized spacial score (nSPS) is 18.0. The number of thiazole rings is 1. The summed E-state index contributed by atoms with van der Waals surface area (Å²) in [5.74, 6) is 0. The van der Waals surface area contributed by atoms with Gasteiger partial charge in [0, 0.05) is 30.1 Å². The van der Waals surface area contributed by atoms with E-state index in [1.165, 1.54) is 29.0 Å². The largest absolute Gasteiger partial charge is 0.472 e. The maximum atomic E-state index is 5.13. The van der Waals surface area contributed by atoms with Gasteiger partial charge in [0.15, 0.2) is 5.13 Å². The van der Waals surface area contributed by atoms with Crippen molar-refractivity contribution in [2.45, 2.75) is 38.8 Å². The van der Waals surface area contributed by atoms with Crippen molar-refractivity contribution >= 4 is 16.5 Å². The highest BCUT2D eigenvalue weighted by atomic mass is 32.1. The molecule has 0 radical (unpaired) electrons. The third kappa shape index (κ3) is 2.74. The van der Waals surface area contributed by atoms with Gasteiger partial charge in [-0.25, -0.2) is 4.98 Å². The minimum Gasteiger partial charge on any atom is -0.472 e. The van der Waals surface area contributed by atoms with Crippen LogP contribution in [-0.4, -0.2) is 18.6 Å². The van der Waals surface area contributed by atoms with E-state index in [-0.39, 0.29) is 0 Å². The maximum absolute atomic E-state index is 5.13. The summed E-state index contributed by atoms with van der Waals surface area (Å²) in [6.45, 7) is 4.03. The minimum absolute atomic E-state index is 0.498. The SMILES string of the molecule is CCNC1CCCc2nc(N(C)Cc3ccoc3)sc21. The zero-order chi connectivity index (χ0) is 13.9. The molecule has 4 nitrogen and oxygen atoms in total. The number of fused-ring (bicyclic) bond motifs is 1.